The summed E-state index contributed by atoms with van der Waals surface area (Å²) in [5.41, 5.74) is 6.87. The number of hydrogen-bond acceptors (Lipinski definition) is 5. The van der Waals surface area contributed by atoms with Crippen LogP contribution in [-0.4, -0.2) is 43.1 Å². The third-order valence-corrected chi connectivity index (χ3v) is 6.12. The predicted octanol–water partition coefficient (Wildman–Crippen LogP) is 3.36. The van der Waals surface area contributed by atoms with Crippen molar-refractivity contribution in [3.63, 3.8) is 0 Å². The van der Waals surface area contributed by atoms with Crippen molar-refractivity contribution in [2.24, 2.45) is 0 Å². The fourth-order valence-electron chi connectivity index (χ4n) is 4.28. The summed E-state index contributed by atoms with van der Waals surface area (Å²) in [6.45, 7) is 2.64. The van der Waals surface area contributed by atoms with Gasteiger partial charge in [-0.15, -0.1) is 0 Å². The van der Waals surface area contributed by atoms with Crippen LogP contribution >= 0.6 is 0 Å². The Labute approximate surface area is 172 Å². The molecule has 6 rings (SSSR count). The minimum atomic E-state index is 0.0382. The second-order valence-corrected chi connectivity index (χ2v) is 8.32. The van der Waals surface area contributed by atoms with Gasteiger partial charge in [-0.25, -0.2) is 4.98 Å². The average Bonchev–Trinajstić information content (AvgIpc) is 3.50. The van der Waals surface area contributed by atoms with Crippen LogP contribution in [0.15, 0.2) is 47.5 Å². The van der Waals surface area contributed by atoms with Gasteiger partial charge in [0, 0.05) is 36.8 Å². The normalized spacial score (nSPS) is 17.5. The van der Waals surface area contributed by atoms with Crippen LogP contribution in [0.2, 0.25) is 0 Å². The fourth-order valence-corrected chi connectivity index (χ4v) is 4.28. The van der Waals surface area contributed by atoms with E-state index in [0.717, 1.165) is 77.8 Å². The molecule has 0 unspecified atom stereocenters. The first-order valence-electron chi connectivity index (χ1n) is 10.5. The van der Waals surface area contributed by atoms with Gasteiger partial charge in [0.05, 0.1) is 22.9 Å². The molecular formula is C23H22N6O. The Balaban J connectivity index is 1.19. The molecule has 0 radical (unpaired) electrons. The molecule has 0 bridgehead atoms. The maximum Gasteiger partial charge on any atom is 0.252 e. The quantitative estimate of drug-likeness (QED) is 0.550. The highest BCUT2D eigenvalue weighted by molar-refractivity contribution is 5.77. The molecule has 1 aliphatic heterocycles. The van der Waals surface area contributed by atoms with Crippen LogP contribution in [0.4, 0.5) is 0 Å². The molecule has 7 heteroatoms. The molecule has 0 aromatic carbocycles. The lowest BCUT2D eigenvalue weighted by atomic mass is 10.0. The highest BCUT2D eigenvalue weighted by atomic mass is 16.1. The standard InChI is InChI=1S/C23H22N6O/c30-23-18(15-1-2-15)10-20-21(27-23)9-14(11-24-20)13-29-7-5-16(6-8-29)19-4-3-17-12-25-28-22(17)26-19/h3-5,9-12,15H,1-2,6-8,13H2,(H,27,30)(H,25,26,28). The molecule has 30 heavy (non-hydrogen) atoms. The molecule has 4 aromatic heterocycles. The van der Waals surface area contributed by atoms with Crippen molar-refractivity contribution in [1.29, 1.82) is 0 Å². The van der Waals surface area contributed by atoms with Gasteiger partial charge in [-0.2, -0.15) is 5.10 Å². The van der Waals surface area contributed by atoms with E-state index in [9.17, 15) is 4.79 Å². The van der Waals surface area contributed by atoms with Crippen molar-refractivity contribution in [2.75, 3.05) is 13.1 Å². The lowest BCUT2D eigenvalue weighted by Gasteiger charge is -2.26. The van der Waals surface area contributed by atoms with Gasteiger partial charge in [-0.05, 0) is 60.6 Å². The van der Waals surface area contributed by atoms with Gasteiger partial charge >= 0.3 is 0 Å². The molecule has 1 saturated carbocycles. The molecule has 2 N–H and O–H groups in total. The number of aromatic nitrogens is 5. The Morgan fingerprint density at radius 1 is 1.17 bits per heavy atom. The third-order valence-electron chi connectivity index (χ3n) is 6.12. The fraction of sp³-hybridized carbons (Fsp3) is 0.304. The van der Waals surface area contributed by atoms with Gasteiger partial charge in [0.2, 0.25) is 0 Å². The summed E-state index contributed by atoms with van der Waals surface area (Å²) in [5.74, 6) is 0.428. The molecule has 150 valence electrons. The van der Waals surface area contributed by atoms with Crippen LogP contribution in [-0.2, 0) is 6.54 Å². The number of pyridine rings is 3. The maximum atomic E-state index is 12.3. The van der Waals surface area contributed by atoms with E-state index in [1.54, 1.807) is 6.20 Å². The number of H-pyrrole nitrogens is 2. The van der Waals surface area contributed by atoms with Crippen molar-refractivity contribution in [1.82, 2.24) is 30.0 Å². The molecule has 5 heterocycles. The summed E-state index contributed by atoms with van der Waals surface area (Å²) in [5, 5.41) is 8.02. The zero-order valence-corrected chi connectivity index (χ0v) is 16.6. The third kappa shape index (κ3) is 3.21. The van der Waals surface area contributed by atoms with Crippen LogP contribution in [0.5, 0.6) is 0 Å². The number of nitrogens with zero attached hydrogens (tertiary/aromatic N) is 4. The molecule has 0 atom stereocenters. The van der Waals surface area contributed by atoms with E-state index in [-0.39, 0.29) is 5.56 Å². The smallest absolute Gasteiger partial charge is 0.252 e. The topological polar surface area (TPSA) is 90.6 Å². The van der Waals surface area contributed by atoms with E-state index in [1.807, 2.05) is 12.3 Å². The first-order valence-corrected chi connectivity index (χ1v) is 10.5. The second kappa shape index (κ2) is 6.88. The Kier molecular flexibility index (Phi) is 4.02. The number of hydrogen-bond donors (Lipinski definition) is 2. The minimum absolute atomic E-state index is 0.0382. The molecule has 4 aromatic rings. The predicted molar refractivity (Wildman–Crippen MR) is 116 cm³/mol. The van der Waals surface area contributed by atoms with Gasteiger partial charge in [-0.3, -0.25) is 19.8 Å². The Hall–Kier alpha value is -3.32. The van der Waals surface area contributed by atoms with E-state index in [2.05, 4.69) is 54.3 Å². The highest BCUT2D eigenvalue weighted by Gasteiger charge is 2.26. The highest BCUT2D eigenvalue weighted by Crippen LogP contribution is 2.38. The van der Waals surface area contributed by atoms with Gasteiger partial charge in [-0.1, -0.05) is 6.08 Å². The largest absolute Gasteiger partial charge is 0.320 e. The Morgan fingerprint density at radius 3 is 2.93 bits per heavy atom. The van der Waals surface area contributed by atoms with E-state index >= 15 is 0 Å². The van der Waals surface area contributed by atoms with Crippen molar-refractivity contribution in [3.8, 4) is 0 Å². The molecule has 0 spiro atoms. The Bertz CT molecular complexity index is 1350. The second-order valence-electron chi connectivity index (χ2n) is 8.32. The van der Waals surface area contributed by atoms with Crippen molar-refractivity contribution in [3.05, 3.63) is 69.9 Å². The SMILES string of the molecule is O=c1[nH]c2cc(CN3CC=C(c4ccc5cn[nH]c5n4)CC3)cnc2cc1C1CC1. The van der Waals surface area contributed by atoms with Crippen molar-refractivity contribution < 1.29 is 0 Å². The number of aromatic amines is 2. The van der Waals surface area contributed by atoms with Crippen LogP contribution in [0.25, 0.3) is 27.6 Å². The molecule has 7 nitrogen and oxygen atoms in total. The van der Waals surface area contributed by atoms with Crippen molar-refractivity contribution >= 4 is 27.6 Å². The summed E-state index contributed by atoms with van der Waals surface area (Å²) in [7, 11) is 0. The lowest BCUT2D eigenvalue weighted by Crippen LogP contribution is -2.28. The minimum Gasteiger partial charge on any atom is -0.320 e. The summed E-state index contributed by atoms with van der Waals surface area (Å²) < 4.78 is 0. The summed E-state index contributed by atoms with van der Waals surface area (Å²) in [6, 6.07) is 8.16. The van der Waals surface area contributed by atoms with Crippen LogP contribution in [0, 0.1) is 0 Å². The first kappa shape index (κ1) is 17.5. The number of fused-ring (bicyclic) bond motifs is 2. The molecule has 2 aliphatic rings. The Morgan fingerprint density at radius 2 is 2.10 bits per heavy atom. The van der Waals surface area contributed by atoms with Crippen LogP contribution in [0.3, 0.4) is 0 Å². The zero-order chi connectivity index (χ0) is 20.1. The lowest BCUT2D eigenvalue weighted by molar-refractivity contribution is 0.293. The van der Waals surface area contributed by atoms with Gasteiger partial charge in [0.15, 0.2) is 5.65 Å². The van der Waals surface area contributed by atoms with Gasteiger partial charge in [0.25, 0.3) is 5.56 Å². The summed E-state index contributed by atoms with van der Waals surface area (Å²) in [4.78, 5) is 27.1. The molecule has 1 fully saturated rings. The van der Waals surface area contributed by atoms with Crippen LogP contribution in [0.1, 0.15) is 42.0 Å². The molecular weight excluding hydrogens is 376 g/mol. The monoisotopic (exact) mass is 398 g/mol. The van der Waals surface area contributed by atoms with Crippen LogP contribution < -0.4 is 5.56 Å². The first-order chi connectivity index (χ1) is 14.7. The van der Waals surface area contributed by atoms with E-state index < -0.39 is 0 Å². The maximum absolute atomic E-state index is 12.3. The van der Waals surface area contributed by atoms with E-state index in [1.165, 1.54) is 5.57 Å². The van der Waals surface area contributed by atoms with E-state index in [4.69, 9.17) is 0 Å². The van der Waals surface area contributed by atoms with E-state index in [0.29, 0.717) is 5.92 Å². The van der Waals surface area contributed by atoms with Gasteiger partial charge in [0.1, 0.15) is 0 Å². The molecule has 0 amide bonds. The number of nitrogens with one attached hydrogen (secondary N) is 2. The van der Waals surface area contributed by atoms with Crippen molar-refractivity contribution in [2.45, 2.75) is 31.7 Å². The molecule has 0 saturated heterocycles. The molecule has 1 aliphatic carbocycles. The summed E-state index contributed by atoms with van der Waals surface area (Å²) >= 11 is 0. The average molecular weight is 398 g/mol. The zero-order valence-electron chi connectivity index (χ0n) is 16.6. The van der Waals surface area contributed by atoms with Gasteiger partial charge < -0.3 is 4.98 Å². The summed E-state index contributed by atoms with van der Waals surface area (Å²) in [6.07, 6.45) is 9.16. The number of rotatable bonds is 4.